The first-order valence-electron chi connectivity index (χ1n) is 8.46. The van der Waals surface area contributed by atoms with E-state index < -0.39 is 5.97 Å². The van der Waals surface area contributed by atoms with Gasteiger partial charge in [-0.1, -0.05) is 6.07 Å². The highest BCUT2D eigenvalue weighted by atomic mass is 16.5. The number of aromatic nitrogens is 4. The zero-order valence-electron chi connectivity index (χ0n) is 15.8. The number of hydrogen-bond acceptors (Lipinski definition) is 8. The Balaban J connectivity index is 1.62. The third-order valence-corrected chi connectivity index (χ3v) is 3.91. The highest BCUT2D eigenvalue weighted by Crippen LogP contribution is 2.30. The van der Waals surface area contributed by atoms with E-state index in [-0.39, 0.29) is 0 Å². The second-order valence-electron chi connectivity index (χ2n) is 5.65. The van der Waals surface area contributed by atoms with Crippen LogP contribution in [0.5, 0.6) is 17.2 Å². The molecule has 146 valence electrons. The number of benzene rings is 2. The van der Waals surface area contributed by atoms with Gasteiger partial charge in [-0.25, -0.2) is 4.79 Å². The van der Waals surface area contributed by atoms with Crippen LogP contribution in [0, 0.1) is 0 Å². The fourth-order valence-corrected chi connectivity index (χ4v) is 2.50. The van der Waals surface area contributed by atoms with Crippen LogP contribution in [-0.4, -0.2) is 54.1 Å². The van der Waals surface area contributed by atoms with Crippen molar-refractivity contribution in [1.82, 2.24) is 20.2 Å². The van der Waals surface area contributed by atoms with E-state index in [4.69, 9.17) is 18.9 Å². The minimum Gasteiger partial charge on any atom is -0.493 e. The van der Waals surface area contributed by atoms with Gasteiger partial charge in [-0.3, -0.25) is 0 Å². The minimum atomic E-state index is -0.414. The first-order valence-corrected chi connectivity index (χ1v) is 8.46. The van der Waals surface area contributed by atoms with E-state index in [1.807, 2.05) is 6.07 Å². The summed E-state index contributed by atoms with van der Waals surface area (Å²) >= 11 is 0. The van der Waals surface area contributed by atoms with Crippen molar-refractivity contribution in [3.05, 3.63) is 48.0 Å². The summed E-state index contributed by atoms with van der Waals surface area (Å²) < 4.78 is 20.9. The standard InChI is InChI=1S/C19H20N4O5/c1-25-16-8-7-13(12-17(16)26-2)18-20-22-23(21-18)9-10-28-15-6-4-5-14(11-15)19(24)27-3/h4-8,11-12H,9-10H2,1-3H3. The van der Waals surface area contributed by atoms with Gasteiger partial charge in [0, 0.05) is 5.56 Å². The second kappa shape index (κ2) is 8.85. The highest BCUT2D eigenvalue weighted by Gasteiger charge is 2.11. The normalized spacial score (nSPS) is 10.4. The van der Waals surface area contributed by atoms with Crippen molar-refractivity contribution in [2.45, 2.75) is 6.54 Å². The van der Waals surface area contributed by atoms with E-state index in [0.29, 0.717) is 41.8 Å². The van der Waals surface area contributed by atoms with Gasteiger partial charge in [0.15, 0.2) is 11.5 Å². The molecule has 0 saturated heterocycles. The third-order valence-electron chi connectivity index (χ3n) is 3.91. The molecule has 0 aliphatic carbocycles. The van der Waals surface area contributed by atoms with Crippen molar-refractivity contribution in [2.24, 2.45) is 0 Å². The zero-order valence-corrected chi connectivity index (χ0v) is 15.8. The molecule has 1 heterocycles. The summed E-state index contributed by atoms with van der Waals surface area (Å²) in [5.41, 5.74) is 1.19. The Bertz CT molecular complexity index is 957. The summed E-state index contributed by atoms with van der Waals surface area (Å²) in [4.78, 5) is 13.0. The number of carbonyl (C=O) groups is 1. The van der Waals surface area contributed by atoms with Crippen LogP contribution in [-0.2, 0) is 11.3 Å². The molecule has 0 radical (unpaired) electrons. The lowest BCUT2D eigenvalue weighted by atomic mass is 10.2. The summed E-state index contributed by atoms with van der Waals surface area (Å²) in [7, 11) is 4.48. The van der Waals surface area contributed by atoms with Gasteiger partial charge in [-0.15, -0.1) is 10.2 Å². The van der Waals surface area contributed by atoms with E-state index in [2.05, 4.69) is 15.4 Å². The molecule has 0 amide bonds. The maximum Gasteiger partial charge on any atom is 0.337 e. The van der Waals surface area contributed by atoms with Crippen molar-refractivity contribution >= 4 is 5.97 Å². The van der Waals surface area contributed by atoms with Crippen LogP contribution in [0.25, 0.3) is 11.4 Å². The molecule has 0 unspecified atom stereocenters. The molecular formula is C19H20N4O5. The number of hydrogen-bond donors (Lipinski definition) is 0. The van der Waals surface area contributed by atoms with Crippen molar-refractivity contribution in [3.8, 4) is 28.6 Å². The lowest BCUT2D eigenvalue weighted by Crippen LogP contribution is -2.11. The van der Waals surface area contributed by atoms with Crippen LogP contribution < -0.4 is 14.2 Å². The summed E-state index contributed by atoms with van der Waals surface area (Å²) in [6.07, 6.45) is 0. The zero-order chi connectivity index (χ0) is 19.9. The number of carbonyl (C=O) groups excluding carboxylic acids is 1. The Hall–Kier alpha value is -3.62. The fourth-order valence-electron chi connectivity index (χ4n) is 2.50. The first kappa shape index (κ1) is 19.2. The Morgan fingerprint density at radius 2 is 1.86 bits per heavy atom. The van der Waals surface area contributed by atoms with E-state index >= 15 is 0 Å². The van der Waals surface area contributed by atoms with E-state index in [1.54, 1.807) is 50.6 Å². The molecule has 0 spiro atoms. The average molecular weight is 384 g/mol. The molecule has 0 saturated carbocycles. The van der Waals surface area contributed by atoms with E-state index in [1.165, 1.54) is 11.9 Å². The van der Waals surface area contributed by atoms with Crippen molar-refractivity contribution in [2.75, 3.05) is 27.9 Å². The molecule has 1 aromatic heterocycles. The molecule has 3 rings (SSSR count). The fraction of sp³-hybridized carbons (Fsp3) is 0.263. The molecule has 28 heavy (non-hydrogen) atoms. The molecule has 0 bridgehead atoms. The maximum absolute atomic E-state index is 11.6. The van der Waals surface area contributed by atoms with Crippen LogP contribution in [0.1, 0.15) is 10.4 Å². The lowest BCUT2D eigenvalue weighted by molar-refractivity contribution is 0.0600. The van der Waals surface area contributed by atoms with Gasteiger partial charge in [0.05, 0.1) is 33.4 Å². The average Bonchev–Trinajstić information content (AvgIpc) is 3.21. The van der Waals surface area contributed by atoms with Gasteiger partial charge in [0.2, 0.25) is 5.82 Å². The van der Waals surface area contributed by atoms with Crippen molar-refractivity contribution in [3.63, 3.8) is 0 Å². The quantitative estimate of drug-likeness (QED) is 0.545. The van der Waals surface area contributed by atoms with Crippen LogP contribution in [0.4, 0.5) is 0 Å². The molecular weight excluding hydrogens is 364 g/mol. The molecule has 0 N–H and O–H groups in total. The number of methoxy groups -OCH3 is 3. The van der Waals surface area contributed by atoms with Gasteiger partial charge in [-0.05, 0) is 41.6 Å². The Morgan fingerprint density at radius 1 is 1.04 bits per heavy atom. The number of tetrazole rings is 1. The maximum atomic E-state index is 11.6. The first-order chi connectivity index (χ1) is 13.6. The molecule has 9 nitrogen and oxygen atoms in total. The van der Waals surface area contributed by atoms with Crippen LogP contribution in [0.2, 0.25) is 0 Å². The number of nitrogens with zero attached hydrogens (tertiary/aromatic N) is 4. The van der Waals surface area contributed by atoms with Gasteiger partial charge in [0.1, 0.15) is 12.4 Å². The van der Waals surface area contributed by atoms with Gasteiger partial charge in [0.25, 0.3) is 0 Å². The molecule has 3 aromatic rings. The SMILES string of the molecule is COC(=O)c1cccc(OCCn2nnc(-c3ccc(OC)c(OC)c3)n2)c1. The predicted molar refractivity (Wildman–Crippen MR) is 99.6 cm³/mol. The molecule has 0 atom stereocenters. The Morgan fingerprint density at radius 3 is 2.61 bits per heavy atom. The van der Waals surface area contributed by atoms with Crippen LogP contribution >= 0.6 is 0 Å². The van der Waals surface area contributed by atoms with Crippen LogP contribution in [0.15, 0.2) is 42.5 Å². The summed E-state index contributed by atoms with van der Waals surface area (Å²) in [6.45, 7) is 0.703. The van der Waals surface area contributed by atoms with Gasteiger partial charge >= 0.3 is 5.97 Å². The van der Waals surface area contributed by atoms with Crippen LogP contribution in [0.3, 0.4) is 0 Å². The second-order valence-corrected chi connectivity index (χ2v) is 5.65. The number of esters is 1. The topological polar surface area (TPSA) is 97.6 Å². The highest BCUT2D eigenvalue weighted by molar-refractivity contribution is 5.89. The molecule has 0 aliphatic heterocycles. The molecule has 0 fully saturated rings. The molecule has 0 aliphatic rings. The summed E-state index contributed by atoms with van der Waals surface area (Å²) in [5, 5.41) is 12.4. The monoisotopic (exact) mass is 384 g/mol. The number of ether oxygens (including phenoxy) is 4. The van der Waals surface area contributed by atoms with Crippen molar-refractivity contribution in [1.29, 1.82) is 0 Å². The largest absolute Gasteiger partial charge is 0.493 e. The Labute approximate surface area is 161 Å². The third kappa shape index (κ3) is 4.37. The number of rotatable bonds is 8. The predicted octanol–water partition coefficient (Wildman–Crippen LogP) is 2.22. The molecule has 9 heteroatoms. The summed E-state index contributed by atoms with van der Waals surface area (Å²) in [6, 6.07) is 12.2. The summed E-state index contributed by atoms with van der Waals surface area (Å²) in [5.74, 6) is 1.83. The van der Waals surface area contributed by atoms with Gasteiger partial charge in [-0.2, -0.15) is 4.80 Å². The van der Waals surface area contributed by atoms with E-state index in [9.17, 15) is 4.79 Å². The van der Waals surface area contributed by atoms with Crippen molar-refractivity contribution < 1.29 is 23.7 Å². The van der Waals surface area contributed by atoms with Gasteiger partial charge < -0.3 is 18.9 Å². The molecule has 2 aromatic carbocycles. The smallest absolute Gasteiger partial charge is 0.337 e. The van der Waals surface area contributed by atoms with E-state index in [0.717, 1.165) is 5.56 Å². The Kier molecular flexibility index (Phi) is 6.05. The minimum absolute atomic E-state index is 0.312. The lowest BCUT2D eigenvalue weighted by Gasteiger charge is -2.07.